The first-order chi connectivity index (χ1) is 10.0. The molecule has 0 bridgehead atoms. The molecule has 0 unspecified atom stereocenters. The van der Waals surface area contributed by atoms with Gasteiger partial charge < -0.3 is 15.8 Å². The summed E-state index contributed by atoms with van der Waals surface area (Å²) in [5.74, 6) is -0.165. The standard InChI is InChI=1S/C16H18FN3O/c1-11-8-12(16(18)19-21)6-7-13(11)10-20(2)15-5-3-4-14(17)9-15/h3-9,21H,10H2,1-2H3,(H2,18,19). The lowest BCUT2D eigenvalue weighted by atomic mass is 10.0. The first-order valence-electron chi connectivity index (χ1n) is 6.55. The summed E-state index contributed by atoms with van der Waals surface area (Å²) in [6.45, 7) is 2.61. The fourth-order valence-electron chi connectivity index (χ4n) is 2.15. The number of benzene rings is 2. The average molecular weight is 287 g/mol. The van der Waals surface area contributed by atoms with Gasteiger partial charge in [0.15, 0.2) is 5.84 Å². The van der Waals surface area contributed by atoms with Crippen LogP contribution in [0.3, 0.4) is 0 Å². The van der Waals surface area contributed by atoms with Crippen molar-refractivity contribution in [2.45, 2.75) is 13.5 Å². The molecule has 0 fully saturated rings. The van der Waals surface area contributed by atoms with Gasteiger partial charge in [-0.05, 0) is 42.3 Å². The summed E-state index contributed by atoms with van der Waals surface area (Å²) in [6.07, 6.45) is 0. The minimum Gasteiger partial charge on any atom is -0.409 e. The summed E-state index contributed by atoms with van der Waals surface area (Å²) in [5, 5.41) is 11.7. The third-order valence-corrected chi connectivity index (χ3v) is 3.40. The van der Waals surface area contributed by atoms with Crippen LogP contribution in [-0.2, 0) is 6.54 Å². The maximum Gasteiger partial charge on any atom is 0.170 e. The summed E-state index contributed by atoms with van der Waals surface area (Å²) in [6, 6.07) is 12.1. The highest BCUT2D eigenvalue weighted by atomic mass is 19.1. The maximum atomic E-state index is 13.2. The normalized spacial score (nSPS) is 11.5. The smallest absolute Gasteiger partial charge is 0.170 e. The van der Waals surface area contributed by atoms with Crippen LogP contribution in [0.5, 0.6) is 0 Å². The molecule has 0 radical (unpaired) electrons. The first-order valence-corrected chi connectivity index (χ1v) is 6.55. The van der Waals surface area contributed by atoms with E-state index in [1.807, 2.05) is 37.1 Å². The summed E-state index contributed by atoms with van der Waals surface area (Å²) in [5.41, 5.74) is 9.18. The topological polar surface area (TPSA) is 61.9 Å². The molecule has 110 valence electrons. The summed E-state index contributed by atoms with van der Waals surface area (Å²) >= 11 is 0. The van der Waals surface area contributed by atoms with Crippen LogP contribution in [0.4, 0.5) is 10.1 Å². The molecule has 0 aliphatic carbocycles. The average Bonchev–Trinajstić information content (AvgIpc) is 2.48. The molecule has 3 N–H and O–H groups in total. The van der Waals surface area contributed by atoms with Crippen LogP contribution in [0.1, 0.15) is 16.7 Å². The Bertz CT molecular complexity index is 670. The van der Waals surface area contributed by atoms with E-state index in [0.29, 0.717) is 12.1 Å². The minimum atomic E-state index is -0.252. The molecule has 0 heterocycles. The Morgan fingerprint density at radius 3 is 2.67 bits per heavy atom. The van der Waals surface area contributed by atoms with Crippen LogP contribution in [-0.4, -0.2) is 18.1 Å². The molecule has 0 amide bonds. The summed E-state index contributed by atoms with van der Waals surface area (Å²) in [7, 11) is 1.91. The van der Waals surface area contributed by atoms with Crippen molar-refractivity contribution in [1.82, 2.24) is 0 Å². The molecule has 2 rings (SSSR count). The Morgan fingerprint density at radius 1 is 1.29 bits per heavy atom. The van der Waals surface area contributed by atoms with E-state index < -0.39 is 0 Å². The van der Waals surface area contributed by atoms with Crippen LogP contribution in [0.2, 0.25) is 0 Å². The SMILES string of the molecule is Cc1cc(/C(N)=N/O)ccc1CN(C)c1cccc(F)c1. The summed E-state index contributed by atoms with van der Waals surface area (Å²) < 4.78 is 13.2. The fraction of sp³-hybridized carbons (Fsp3) is 0.188. The van der Waals surface area contributed by atoms with E-state index in [4.69, 9.17) is 10.9 Å². The molecular weight excluding hydrogens is 269 g/mol. The lowest BCUT2D eigenvalue weighted by molar-refractivity contribution is 0.318. The Hall–Kier alpha value is -2.56. The molecule has 2 aromatic carbocycles. The van der Waals surface area contributed by atoms with Crippen molar-refractivity contribution < 1.29 is 9.60 Å². The molecule has 4 nitrogen and oxygen atoms in total. The molecule has 0 saturated heterocycles. The Balaban J connectivity index is 2.20. The molecule has 0 atom stereocenters. The van der Waals surface area contributed by atoms with Crippen LogP contribution in [0.25, 0.3) is 0 Å². The zero-order valence-corrected chi connectivity index (χ0v) is 12.0. The lowest BCUT2D eigenvalue weighted by Crippen LogP contribution is -2.18. The number of nitrogens with zero attached hydrogens (tertiary/aromatic N) is 2. The van der Waals surface area contributed by atoms with Gasteiger partial charge in [0.2, 0.25) is 0 Å². The van der Waals surface area contributed by atoms with Crippen molar-refractivity contribution in [2.75, 3.05) is 11.9 Å². The molecule has 0 aliphatic rings. The third kappa shape index (κ3) is 3.51. The van der Waals surface area contributed by atoms with E-state index in [2.05, 4.69) is 5.16 Å². The number of oxime groups is 1. The summed E-state index contributed by atoms with van der Waals surface area (Å²) in [4.78, 5) is 1.97. The number of hydrogen-bond donors (Lipinski definition) is 2. The van der Waals surface area contributed by atoms with Gasteiger partial charge >= 0.3 is 0 Å². The van der Waals surface area contributed by atoms with Crippen molar-refractivity contribution in [2.24, 2.45) is 10.9 Å². The fourth-order valence-corrected chi connectivity index (χ4v) is 2.15. The number of aryl methyl sites for hydroxylation is 1. The van der Waals surface area contributed by atoms with Gasteiger partial charge in [-0.15, -0.1) is 0 Å². The Labute approximate surface area is 123 Å². The molecule has 21 heavy (non-hydrogen) atoms. The van der Waals surface area contributed by atoms with Gasteiger partial charge in [-0.1, -0.05) is 23.4 Å². The zero-order chi connectivity index (χ0) is 15.4. The maximum absolute atomic E-state index is 13.2. The van der Waals surface area contributed by atoms with Crippen LogP contribution < -0.4 is 10.6 Å². The van der Waals surface area contributed by atoms with Crippen molar-refractivity contribution in [3.63, 3.8) is 0 Å². The predicted octanol–water partition coefficient (Wildman–Crippen LogP) is 2.87. The van der Waals surface area contributed by atoms with Crippen LogP contribution >= 0.6 is 0 Å². The van der Waals surface area contributed by atoms with Gasteiger partial charge in [0.1, 0.15) is 5.82 Å². The van der Waals surface area contributed by atoms with E-state index >= 15 is 0 Å². The monoisotopic (exact) mass is 287 g/mol. The first kappa shape index (κ1) is 14.8. The van der Waals surface area contributed by atoms with E-state index in [0.717, 1.165) is 16.8 Å². The zero-order valence-electron chi connectivity index (χ0n) is 12.0. The molecule has 5 heteroatoms. The highest BCUT2D eigenvalue weighted by molar-refractivity contribution is 5.97. The molecule has 0 spiro atoms. The molecule has 0 aliphatic heterocycles. The molecule has 2 aromatic rings. The Kier molecular flexibility index (Phi) is 4.42. The van der Waals surface area contributed by atoms with Crippen molar-refractivity contribution in [3.8, 4) is 0 Å². The second-order valence-electron chi connectivity index (χ2n) is 4.96. The van der Waals surface area contributed by atoms with Gasteiger partial charge in [-0.3, -0.25) is 0 Å². The van der Waals surface area contributed by atoms with Gasteiger partial charge in [0.05, 0.1) is 0 Å². The number of hydrogen-bond acceptors (Lipinski definition) is 3. The number of nitrogens with two attached hydrogens (primary N) is 1. The predicted molar refractivity (Wildman–Crippen MR) is 82.2 cm³/mol. The van der Waals surface area contributed by atoms with E-state index in [1.54, 1.807) is 12.1 Å². The Morgan fingerprint density at radius 2 is 2.05 bits per heavy atom. The number of anilines is 1. The highest BCUT2D eigenvalue weighted by Crippen LogP contribution is 2.19. The van der Waals surface area contributed by atoms with E-state index in [1.165, 1.54) is 12.1 Å². The molecular formula is C16H18FN3O. The second kappa shape index (κ2) is 6.26. The van der Waals surface area contributed by atoms with Crippen molar-refractivity contribution in [3.05, 3.63) is 65.0 Å². The third-order valence-electron chi connectivity index (χ3n) is 3.40. The van der Waals surface area contributed by atoms with Crippen LogP contribution in [0, 0.1) is 12.7 Å². The minimum absolute atomic E-state index is 0.0862. The van der Waals surface area contributed by atoms with E-state index in [-0.39, 0.29) is 11.7 Å². The van der Waals surface area contributed by atoms with Crippen LogP contribution in [0.15, 0.2) is 47.6 Å². The largest absolute Gasteiger partial charge is 0.409 e. The van der Waals surface area contributed by atoms with Gasteiger partial charge in [0, 0.05) is 24.8 Å². The van der Waals surface area contributed by atoms with Gasteiger partial charge in [-0.25, -0.2) is 4.39 Å². The van der Waals surface area contributed by atoms with E-state index in [9.17, 15) is 4.39 Å². The van der Waals surface area contributed by atoms with Crippen molar-refractivity contribution in [1.29, 1.82) is 0 Å². The number of rotatable bonds is 4. The second-order valence-corrected chi connectivity index (χ2v) is 4.96. The molecule has 0 aromatic heterocycles. The quantitative estimate of drug-likeness (QED) is 0.393. The number of amidine groups is 1. The lowest BCUT2D eigenvalue weighted by Gasteiger charge is -2.21. The van der Waals surface area contributed by atoms with Gasteiger partial charge in [-0.2, -0.15) is 0 Å². The van der Waals surface area contributed by atoms with Gasteiger partial charge in [0.25, 0.3) is 0 Å². The van der Waals surface area contributed by atoms with Crippen molar-refractivity contribution >= 4 is 11.5 Å². The highest BCUT2D eigenvalue weighted by Gasteiger charge is 2.07. The number of halogens is 1. The molecule has 0 saturated carbocycles.